The quantitative estimate of drug-likeness (QED) is 0.695. The van der Waals surface area contributed by atoms with Crippen LogP contribution < -0.4 is 16.0 Å². The van der Waals surface area contributed by atoms with Gasteiger partial charge in [0.1, 0.15) is 6.04 Å². The van der Waals surface area contributed by atoms with Gasteiger partial charge in [-0.25, -0.2) is 0 Å². The van der Waals surface area contributed by atoms with Gasteiger partial charge in [-0.3, -0.25) is 14.4 Å². The van der Waals surface area contributed by atoms with Crippen LogP contribution in [-0.4, -0.2) is 24.8 Å². The molecule has 1 heterocycles. The summed E-state index contributed by atoms with van der Waals surface area (Å²) in [7, 11) is 1.74. The van der Waals surface area contributed by atoms with E-state index < -0.39 is 23.3 Å². The van der Waals surface area contributed by atoms with Crippen molar-refractivity contribution in [3.05, 3.63) is 54.1 Å². The van der Waals surface area contributed by atoms with Crippen molar-refractivity contribution in [3.8, 4) is 11.1 Å². The third kappa shape index (κ3) is 4.03. The summed E-state index contributed by atoms with van der Waals surface area (Å²) in [5.74, 6) is -1.23. The van der Waals surface area contributed by atoms with E-state index >= 15 is 0 Å². The zero-order valence-corrected chi connectivity index (χ0v) is 19.6. The first-order valence-corrected chi connectivity index (χ1v) is 11.8. The zero-order chi connectivity index (χ0) is 23.8. The second-order valence-corrected chi connectivity index (χ2v) is 9.85. The summed E-state index contributed by atoms with van der Waals surface area (Å²) in [5.41, 5.74) is 8.47. The summed E-state index contributed by atoms with van der Waals surface area (Å²) in [4.78, 5) is 41.6. The number of primary amides is 1. The van der Waals surface area contributed by atoms with Crippen molar-refractivity contribution in [3.63, 3.8) is 0 Å². The molecular weight excluding hydrogens is 414 g/mol. The number of carbonyl (C=O) groups is 3. The Balaban J connectivity index is 1.75. The molecule has 0 aromatic heterocycles. The molecule has 0 bridgehead atoms. The second-order valence-electron chi connectivity index (χ2n) is 9.85. The Labute approximate surface area is 195 Å². The molecule has 33 heavy (non-hydrogen) atoms. The van der Waals surface area contributed by atoms with Crippen LogP contribution >= 0.6 is 0 Å². The van der Waals surface area contributed by atoms with Crippen molar-refractivity contribution >= 4 is 23.4 Å². The number of benzene rings is 2. The van der Waals surface area contributed by atoms with Gasteiger partial charge in [0, 0.05) is 12.6 Å². The Morgan fingerprint density at radius 1 is 1.06 bits per heavy atom. The van der Waals surface area contributed by atoms with Crippen LogP contribution in [0.15, 0.2) is 48.5 Å². The van der Waals surface area contributed by atoms with Crippen LogP contribution in [0.3, 0.4) is 0 Å². The number of fused-ring (bicyclic) bond motifs is 3. The molecule has 1 fully saturated rings. The van der Waals surface area contributed by atoms with Gasteiger partial charge < -0.3 is 16.0 Å². The summed E-state index contributed by atoms with van der Waals surface area (Å²) in [6.45, 7) is 4.08. The van der Waals surface area contributed by atoms with Crippen molar-refractivity contribution in [2.45, 2.75) is 52.0 Å². The number of anilines is 1. The van der Waals surface area contributed by atoms with E-state index in [1.54, 1.807) is 11.9 Å². The summed E-state index contributed by atoms with van der Waals surface area (Å²) in [6.07, 6.45) is 3.55. The molecule has 6 heteroatoms. The van der Waals surface area contributed by atoms with Crippen molar-refractivity contribution in [2.24, 2.45) is 23.0 Å². The van der Waals surface area contributed by atoms with E-state index in [4.69, 9.17) is 5.73 Å². The number of para-hydroxylation sites is 1. The van der Waals surface area contributed by atoms with Crippen LogP contribution in [0.25, 0.3) is 11.1 Å². The maximum Gasteiger partial charge on any atom is 0.253 e. The van der Waals surface area contributed by atoms with E-state index in [1.807, 2.05) is 62.4 Å². The van der Waals surface area contributed by atoms with E-state index in [0.717, 1.165) is 35.2 Å². The number of hydrogen-bond donors (Lipinski definition) is 2. The van der Waals surface area contributed by atoms with E-state index in [0.29, 0.717) is 19.3 Å². The maximum absolute atomic E-state index is 13.8. The molecule has 1 aliphatic carbocycles. The van der Waals surface area contributed by atoms with Crippen molar-refractivity contribution < 1.29 is 14.4 Å². The minimum absolute atomic E-state index is 0.205. The van der Waals surface area contributed by atoms with Gasteiger partial charge in [-0.15, -0.1) is 0 Å². The largest absolute Gasteiger partial charge is 0.369 e. The van der Waals surface area contributed by atoms with Gasteiger partial charge >= 0.3 is 0 Å². The first-order valence-electron chi connectivity index (χ1n) is 11.8. The van der Waals surface area contributed by atoms with Gasteiger partial charge in [-0.1, -0.05) is 69.2 Å². The van der Waals surface area contributed by atoms with Crippen LogP contribution in [-0.2, 0) is 14.4 Å². The van der Waals surface area contributed by atoms with Crippen LogP contribution in [0.2, 0.25) is 0 Å². The van der Waals surface area contributed by atoms with Crippen LogP contribution in [0.4, 0.5) is 5.69 Å². The van der Waals surface area contributed by atoms with Crippen molar-refractivity contribution in [2.75, 3.05) is 11.9 Å². The van der Waals surface area contributed by atoms with E-state index in [9.17, 15) is 14.4 Å². The molecule has 1 aliphatic heterocycles. The Kier molecular flexibility index (Phi) is 6.28. The molecular formula is C27H33N3O3. The molecule has 2 atom stereocenters. The summed E-state index contributed by atoms with van der Waals surface area (Å²) >= 11 is 0. The molecule has 0 spiro atoms. The predicted molar refractivity (Wildman–Crippen MR) is 129 cm³/mol. The number of nitrogens with two attached hydrogens (primary N) is 1. The lowest BCUT2D eigenvalue weighted by atomic mass is 9.69. The van der Waals surface area contributed by atoms with E-state index in [-0.39, 0.29) is 17.7 Å². The Hall–Kier alpha value is -3.15. The van der Waals surface area contributed by atoms with E-state index in [1.165, 1.54) is 0 Å². The molecule has 2 unspecified atom stereocenters. The number of nitrogens with zero attached hydrogens (tertiary/aromatic N) is 1. The standard InChI is InChI=1S/C27H33N3O3/c1-17(2)16-21(27(26(28)33)14-8-9-15-27)24(31)29-23-20-12-5-4-10-18(20)19-11-6-7-13-22(19)30(3)25(23)32/h4-7,10-13,17,21,23H,8-9,14-16H2,1-3H3,(H2,28,33)(H,29,31). The van der Waals surface area contributed by atoms with Gasteiger partial charge in [0.2, 0.25) is 11.8 Å². The number of rotatable bonds is 6. The summed E-state index contributed by atoms with van der Waals surface area (Å²) in [5, 5.41) is 3.05. The second kappa shape index (κ2) is 9.00. The minimum atomic E-state index is -0.851. The molecule has 0 saturated heterocycles. The molecule has 6 nitrogen and oxygen atoms in total. The van der Waals surface area contributed by atoms with Crippen molar-refractivity contribution in [1.82, 2.24) is 5.32 Å². The highest BCUT2D eigenvalue weighted by Gasteiger charge is 2.50. The third-order valence-electron chi connectivity index (χ3n) is 7.37. The lowest BCUT2D eigenvalue weighted by molar-refractivity contribution is -0.142. The molecule has 174 valence electrons. The first-order chi connectivity index (χ1) is 15.8. The highest BCUT2D eigenvalue weighted by molar-refractivity contribution is 6.06. The monoisotopic (exact) mass is 447 g/mol. The number of carbonyl (C=O) groups excluding carboxylic acids is 3. The maximum atomic E-state index is 13.8. The number of likely N-dealkylation sites (N-methyl/N-ethyl adjacent to an activating group) is 1. The molecule has 3 N–H and O–H groups in total. The highest BCUT2D eigenvalue weighted by Crippen LogP contribution is 2.47. The normalized spacial score (nSPS) is 20.1. The summed E-state index contributed by atoms with van der Waals surface area (Å²) < 4.78 is 0. The first kappa shape index (κ1) is 23.0. The lowest BCUT2D eigenvalue weighted by Gasteiger charge is -2.36. The van der Waals surface area contributed by atoms with Crippen LogP contribution in [0.5, 0.6) is 0 Å². The topological polar surface area (TPSA) is 92.5 Å². The van der Waals surface area contributed by atoms with E-state index in [2.05, 4.69) is 5.32 Å². The van der Waals surface area contributed by atoms with Gasteiger partial charge in [0.15, 0.2) is 0 Å². The molecule has 3 amide bonds. The molecule has 4 rings (SSSR count). The SMILES string of the molecule is CC(C)CC(C(=O)NC1C(=O)N(C)c2ccccc2-c2ccccc21)C1(C(N)=O)CCCC1. The molecule has 0 radical (unpaired) electrons. The van der Waals surface area contributed by atoms with Gasteiger partial charge in [-0.05, 0) is 42.4 Å². The lowest BCUT2D eigenvalue weighted by Crippen LogP contribution is -2.51. The van der Waals surface area contributed by atoms with Crippen LogP contribution in [0, 0.1) is 17.3 Å². The average molecular weight is 448 g/mol. The molecule has 2 aromatic rings. The number of hydrogen-bond acceptors (Lipinski definition) is 3. The smallest absolute Gasteiger partial charge is 0.253 e. The Morgan fingerprint density at radius 2 is 1.67 bits per heavy atom. The average Bonchev–Trinajstić information content (AvgIpc) is 3.28. The Bertz CT molecular complexity index is 1070. The number of nitrogens with one attached hydrogen (secondary N) is 1. The number of amides is 3. The fraction of sp³-hybridized carbons (Fsp3) is 0.444. The van der Waals surface area contributed by atoms with Crippen LogP contribution in [0.1, 0.15) is 57.6 Å². The fourth-order valence-corrected chi connectivity index (χ4v) is 5.64. The summed E-state index contributed by atoms with van der Waals surface area (Å²) in [6, 6.07) is 14.6. The predicted octanol–water partition coefficient (Wildman–Crippen LogP) is 4.20. The highest BCUT2D eigenvalue weighted by atomic mass is 16.2. The van der Waals surface area contributed by atoms with Gasteiger partial charge in [0.25, 0.3) is 5.91 Å². The van der Waals surface area contributed by atoms with Gasteiger partial charge in [-0.2, -0.15) is 0 Å². The van der Waals surface area contributed by atoms with Gasteiger partial charge in [0.05, 0.1) is 17.0 Å². The molecule has 2 aliphatic rings. The third-order valence-corrected chi connectivity index (χ3v) is 7.37. The van der Waals surface area contributed by atoms with Crippen molar-refractivity contribution in [1.29, 1.82) is 0 Å². The minimum Gasteiger partial charge on any atom is -0.369 e. The Morgan fingerprint density at radius 3 is 2.30 bits per heavy atom. The zero-order valence-electron chi connectivity index (χ0n) is 19.6. The fourth-order valence-electron chi connectivity index (χ4n) is 5.64. The molecule has 2 aromatic carbocycles. The molecule has 1 saturated carbocycles.